The van der Waals surface area contributed by atoms with E-state index in [0.717, 1.165) is 12.1 Å². The zero-order valence-electron chi connectivity index (χ0n) is 21.3. The summed E-state index contributed by atoms with van der Waals surface area (Å²) in [5, 5.41) is 10.9. The van der Waals surface area contributed by atoms with Gasteiger partial charge >= 0.3 is 6.18 Å². The van der Waals surface area contributed by atoms with Gasteiger partial charge in [-0.1, -0.05) is 11.6 Å². The normalized spacial score (nSPS) is 18.7. The second-order valence-corrected chi connectivity index (χ2v) is 10.5. The summed E-state index contributed by atoms with van der Waals surface area (Å²) >= 11 is 6.38. The lowest BCUT2D eigenvalue weighted by molar-refractivity contribution is -0.137. The largest absolute Gasteiger partial charge is 0.417 e. The molecular weight excluding hydrogens is 569 g/mol. The molecule has 13 heteroatoms. The molecule has 2 aliphatic rings. The maximum atomic E-state index is 14.5. The highest BCUT2D eigenvalue weighted by Crippen LogP contribution is 2.49. The number of rotatable bonds is 4. The maximum Gasteiger partial charge on any atom is 0.417 e. The van der Waals surface area contributed by atoms with Crippen LogP contribution in [0.5, 0.6) is 0 Å². The first-order valence-corrected chi connectivity index (χ1v) is 13.0. The second kappa shape index (κ2) is 9.52. The molecular formula is C28H21ClF5N5O2. The monoisotopic (exact) mass is 589 g/mol. The molecule has 212 valence electrons. The van der Waals surface area contributed by atoms with Crippen molar-refractivity contribution in [1.29, 1.82) is 0 Å². The van der Waals surface area contributed by atoms with Crippen LogP contribution in [0.1, 0.15) is 61.5 Å². The summed E-state index contributed by atoms with van der Waals surface area (Å²) in [4.78, 5) is 26.1. The minimum atomic E-state index is -5.11. The number of nitrogens with two attached hydrogens (primary N) is 1. The number of aryl methyl sites for hydroxylation is 1. The number of nitrogens with one attached hydrogen (secondary N) is 2. The summed E-state index contributed by atoms with van der Waals surface area (Å²) in [6, 6.07) is 4.53. The molecule has 1 aromatic heterocycles. The summed E-state index contributed by atoms with van der Waals surface area (Å²) < 4.78 is 73.8. The third-order valence-corrected chi connectivity index (χ3v) is 8.01. The average Bonchev–Trinajstić information content (AvgIpc) is 3.61. The van der Waals surface area contributed by atoms with E-state index in [1.165, 1.54) is 12.1 Å². The smallest absolute Gasteiger partial charge is 0.366 e. The molecule has 3 aromatic carbocycles. The van der Waals surface area contributed by atoms with E-state index in [1.54, 1.807) is 11.7 Å². The molecule has 2 atom stereocenters. The van der Waals surface area contributed by atoms with E-state index < -0.39 is 52.4 Å². The number of hydrogen-bond donors (Lipinski definition) is 3. The Morgan fingerprint density at radius 1 is 1.12 bits per heavy atom. The second-order valence-electron chi connectivity index (χ2n) is 10.1. The van der Waals surface area contributed by atoms with Crippen molar-refractivity contribution in [3.63, 3.8) is 0 Å². The molecule has 6 rings (SSSR count). The molecule has 4 N–H and O–H groups in total. The molecule has 2 unspecified atom stereocenters. The van der Waals surface area contributed by atoms with Gasteiger partial charge in [-0.15, -0.1) is 0 Å². The highest BCUT2D eigenvalue weighted by atomic mass is 35.5. The molecule has 4 aromatic rings. The first-order chi connectivity index (χ1) is 19.4. The lowest BCUT2D eigenvalue weighted by Gasteiger charge is -2.22. The van der Waals surface area contributed by atoms with E-state index in [-0.39, 0.29) is 44.8 Å². The Kier molecular flexibility index (Phi) is 6.31. The van der Waals surface area contributed by atoms with E-state index in [0.29, 0.717) is 36.7 Å². The van der Waals surface area contributed by atoms with Gasteiger partial charge in [-0.2, -0.15) is 18.3 Å². The molecule has 0 aliphatic carbocycles. The molecule has 1 saturated heterocycles. The Balaban J connectivity index is 1.79. The van der Waals surface area contributed by atoms with E-state index in [9.17, 15) is 31.5 Å². The number of carbonyl (C=O) groups excluding carboxylic acids is 2. The Bertz CT molecular complexity index is 1780. The predicted octanol–water partition coefficient (Wildman–Crippen LogP) is 5.20. The molecule has 0 bridgehead atoms. The van der Waals surface area contributed by atoms with Crippen molar-refractivity contribution in [2.45, 2.75) is 24.6 Å². The minimum absolute atomic E-state index is 0.0104. The third-order valence-electron chi connectivity index (χ3n) is 7.67. The summed E-state index contributed by atoms with van der Waals surface area (Å²) in [5.41, 5.74) is 3.32. The highest BCUT2D eigenvalue weighted by Gasteiger charge is 2.42. The summed E-state index contributed by atoms with van der Waals surface area (Å²) in [6.45, 7) is 1.28. The van der Waals surface area contributed by atoms with Gasteiger partial charge in [-0.05, 0) is 54.9 Å². The number of carbonyl (C=O) groups is 2. The quantitative estimate of drug-likeness (QED) is 0.285. The number of alkyl halides is 3. The van der Waals surface area contributed by atoms with Gasteiger partial charge in [0.05, 0.1) is 28.4 Å². The molecule has 41 heavy (non-hydrogen) atoms. The lowest BCUT2D eigenvalue weighted by atomic mass is 9.83. The van der Waals surface area contributed by atoms with Crippen LogP contribution in [0.3, 0.4) is 0 Å². The number of hydrogen-bond acceptors (Lipinski definition) is 4. The van der Waals surface area contributed by atoms with Crippen molar-refractivity contribution in [3.05, 3.63) is 86.6 Å². The van der Waals surface area contributed by atoms with E-state index in [2.05, 4.69) is 15.7 Å². The van der Waals surface area contributed by atoms with E-state index in [1.807, 2.05) is 0 Å². The molecule has 2 amide bonds. The van der Waals surface area contributed by atoms with Gasteiger partial charge < -0.3 is 16.4 Å². The van der Waals surface area contributed by atoms with Crippen molar-refractivity contribution >= 4 is 34.3 Å². The zero-order valence-corrected chi connectivity index (χ0v) is 22.1. The van der Waals surface area contributed by atoms with Crippen LogP contribution in [-0.4, -0.2) is 34.7 Å². The number of nitrogens with zero attached hydrogens (tertiary/aromatic N) is 2. The minimum Gasteiger partial charge on any atom is -0.366 e. The molecule has 2 aliphatic heterocycles. The summed E-state index contributed by atoms with van der Waals surface area (Å²) in [5.74, 6) is -4.06. The van der Waals surface area contributed by atoms with Crippen molar-refractivity contribution in [2.75, 3.05) is 13.1 Å². The van der Waals surface area contributed by atoms with Gasteiger partial charge in [0.25, 0.3) is 5.91 Å². The van der Waals surface area contributed by atoms with Crippen LogP contribution < -0.4 is 16.4 Å². The van der Waals surface area contributed by atoms with Crippen molar-refractivity contribution in [1.82, 2.24) is 20.4 Å². The van der Waals surface area contributed by atoms with Crippen molar-refractivity contribution in [3.8, 4) is 11.1 Å². The predicted molar refractivity (Wildman–Crippen MR) is 141 cm³/mol. The fraction of sp³-hybridized carbons (Fsp3) is 0.250. The number of benzene rings is 3. The Hall–Kier alpha value is -4.03. The summed E-state index contributed by atoms with van der Waals surface area (Å²) in [6.07, 6.45) is -4.40. The number of aromatic nitrogens is 2. The van der Waals surface area contributed by atoms with Crippen molar-refractivity contribution in [2.24, 2.45) is 12.8 Å². The van der Waals surface area contributed by atoms with Crippen LogP contribution >= 0.6 is 11.6 Å². The van der Waals surface area contributed by atoms with Gasteiger partial charge in [-0.3, -0.25) is 14.3 Å². The van der Waals surface area contributed by atoms with E-state index in [4.69, 9.17) is 17.3 Å². The third kappa shape index (κ3) is 4.32. The van der Waals surface area contributed by atoms with Gasteiger partial charge in [-0.25, -0.2) is 8.78 Å². The van der Waals surface area contributed by atoms with Crippen LogP contribution in [0.2, 0.25) is 5.02 Å². The Morgan fingerprint density at radius 3 is 2.54 bits per heavy atom. The standard InChI is InChI=1S/C28H21ClF5N5O2/c1-39-25(11-4-5-36-10-11)17-9-15(20-16(26(35)40)7-13(31)8-18(20)28(32,33)34)21-22(24(17)38-39)27(41)37-23(21)14-6-12(30)2-3-19(14)29/h2-3,6-9,11,23,36H,4-5,10H2,1H3,(H2,35,40)(H,37,41). The number of primary amides is 1. The first kappa shape index (κ1) is 27.2. The molecule has 7 nitrogen and oxygen atoms in total. The lowest BCUT2D eigenvalue weighted by Crippen LogP contribution is -2.21. The van der Waals surface area contributed by atoms with Crippen LogP contribution in [0, 0.1) is 11.6 Å². The summed E-state index contributed by atoms with van der Waals surface area (Å²) in [7, 11) is 1.67. The molecule has 3 heterocycles. The van der Waals surface area contributed by atoms with Crippen LogP contribution in [0.4, 0.5) is 22.0 Å². The number of halogens is 6. The van der Waals surface area contributed by atoms with E-state index >= 15 is 0 Å². The number of fused-ring (bicyclic) bond motifs is 3. The van der Waals surface area contributed by atoms with Crippen molar-refractivity contribution < 1.29 is 31.5 Å². The SMILES string of the molecule is Cn1nc2c3c(c(-c4c(C(N)=O)cc(F)cc4C(F)(F)F)cc2c1C1CCNC1)C(c1cc(F)ccc1Cl)NC3=O. The highest BCUT2D eigenvalue weighted by molar-refractivity contribution is 6.31. The fourth-order valence-corrected chi connectivity index (χ4v) is 6.26. The fourth-order valence-electron chi connectivity index (χ4n) is 6.03. The first-order valence-electron chi connectivity index (χ1n) is 12.6. The average molecular weight is 590 g/mol. The van der Waals surface area contributed by atoms with Crippen LogP contribution in [-0.2, 0) is 13.2 Å². The topological polar surface area (TPSA) is 102 Å². The molecule has 0 radical (unpaired) electrons. The van der Waals surface area contributed by atoms with Gasteiger partial charge in [0.1, 0.15) is 17.2 Å². The Labute approximate surface area is 234 Å². The zero-order chi connectivity index (χ0) is 29.4. The van der Waals surface area contributed by atoms with Gasteiger partial charge in [0.15, 0.2) is 0 Å². The van der Waals surface area contributed by atoms with Gasteiger partial charge in [0.2, 0.25) is 5.91 Å². The molecule has 0 saturated carbocycles. The van der Waals surface area contributed by atoms with Gasteiger partial charge in [0, 0.05) is 46.6 Å². The maximum absolute atomic E-state index is 14.5. The molecule has 1 fully saturated rings. The van der Waals surface area contributed by atoms with Crippen LogP contribution in [0.15, 0.2) is 36.4 Å². The van der Waals surface area contributed by atoms with Crippen LogP contribution in [0.25, 0.3) is 22.0 Å². The number of amides is 2. The molecule has 0 spiro atoms. The Morgan fingerprint density at radius 2 is 1.88 bits per heavy atom.